The van der Waals surface area contributed by atoms with Gasteiger partial charge in [0.05, 0.1) is 6.54 Å². The number of aliphatic imine (C=N–C) groups is 2. The molecule has 2 aliphatic heterocycles. The minimum absolute atomic E-state index is 0.207. The van der Waals surface area contributed by atoms with Crippen LogP contribution in [0.1, 0.15) is 105 Å². The normalized spacial score (nSPS) is 15.4. The molecular formula is C33H49F3N4O. The fraction of sp³-hybridized carbons (Fsp3) is 0.515. The fourth-order valence-corrected chi connectivity index (χ4v) is 3.78. The predicted molar refractivity (Wildman–Crippen MR) is 169 cm³/mol. The fourth-order valence-electron chi connectivity index (χ4n) is 3.78. The Morgan fingerprint density at radius 2 is 1.80 bits per heavy atom. The molecular weight excluding hydrogens is 525 g/mol. The summed E-state index contributed by atoms with van der Waals surface area (Å²) in [7, 11) is 0. The maximum Gasteiger partial charge on any atom is 0.433 e. The summed E-state index contributed by atoms with van der Waals surface area (Å²) in [4.78, 5) is 22.7. The van der Waals surface area contributed by atoms with Crippen molar-refractivity contribution in [2.45, 2.75) is 107 Å². The third kappa shape index (κ3) is 13.8. The first-order valence-corrected chi connectivity index (χ1v) is 14.8. The zero-order chi connectivity index (χ0) is 31.3. The molecule has 8 heteroatoms. The molecule has 0 saturated heterocycles. The minimum atomic E-state index is -4.47. The summed E-state index contributed by atoms with van der Waals surface area (Å²) < 4.78 is 38.7. The van der Waals surface area contributed by atoms with E-state index in [0.717, 1.165) is 42.1 Å². The van der Waals surface area contributed by atoms with Crippen molar-refractivity contribution in [1.82, 2.24) is 4.98 Å². The van der Waals surface area contributed by atoms with Crippen LogP contribution in [0.3, 0.4) is 0 Å². The smallest absolute Gasteiger partial charge is 0.325 e. The summed E-state index contributed by atoms with van der Waals surface area (Å²) >= 11 is 0. The molecule has 1 aromatic heterocycles. The zero-order valence-corrected chi connectivity index (χ0v) is 26.1. The lowest BCUT2D eigenvalue weighted by atomic mass is 9.98. The number of unbranched alkanes of at least 4 members (excludes halogenated alkanes) is 1. The number of rotatable bonds is 9. The van der Waals surface area contributed by atoms with E-state index in [1.165, 1.54) is 25.3 Å². The molecule has 0 amide bonds. The quantitative estimate of drug-likeness (QED) is 0.236. The van der Waals surface area contributed by atoms with Gasteiger partial charge in [0.15, 0.2) is 0 Å². The molecule has 0 radical (unpaired) electrons. The highest BCUT2D eigenvalue weighted by molar-refractivity contribution is 6.11. The second-order valence-corrected chi connectivity index (χ2v) is 9.00. The number of hydrogen-bond donors (Lipinski definition) is 1. The average molecular weight is 575 g/mol. The monoisotopic (exact) mass is 574 g/mol. The Morgan fingerprint density at radius 1 is 1.10 bits per heavy atom. The van der Waals surface area contributed by atoms with Crippen molar-refractivity contribution in [1.29, 1.82) is 0 Å². The topological polar surface area (TPSA) is 66.7 Å². The van der Waals surface area contributed by atoms with Gasteiger partial charge in [0, 0.05) is 29.5 Å². The lowest BCUT2D eigenvalue weighted by molar-refractivity contribution is -0.141. The van der Waals surface area contributed by atoms with Crippen LogP contribution < -0.4 is 5.32 Å². The molecule has 5 nitrogen and oxygen atoms in total. The van der Waals surface area contributed by atoms with Crippen molar-refractivity contribution in [3.8, 4) is 0 Å². The van der Waals surface area contributed by atoms with Crippen LogP contribution in [0.15, 0.2) is 69.8 Å². The van der Waals surface area contributed by atoms with Crippen LogP contribution in [0.2, 0.25) is 0 Å². The van der Waals surface area contributed by atoms with E-state index in [4.69, 9.17) is 0 Å². The maximum atomic E-state index is 12.9. The SMILES string of the molecule is CC.CC.CCCCC(C)CC=O.C\C=C/C=C\C(=C/C)C1=NC=C(C2=NCc3ccc(C(F)(F)F)nc3N2)CC1. The van der Waals surface area contributed by atoms with Gasteiger partial charge in [-0.05, 0) is 44.2 Å². The number of anilines is 1. The van der Waals surface area contributed by atoms with Crippen LogP contribution in [-0.4, -0.2) is 22.8 Å². The van der Waals surface area contributed by atoms with E-state index in [1.807, 2.05) is 71.9 Å². The second-order valence-electron chi connectivity index (χ2n) is 9.00. The van der Waals surface area contributed by atoms with Gasteiger partial charge in [-0.3, -0.25) is 9.98 Å². The Labute approximate surface area is 245 Å². The summed E-state index contributed by atoms with van der Waals surface area (Å²) in [6.07, 6.45) is 14.0. The molecule has 0 fully saturated rings. The molecule has 2 aliphatic rings. The molecule has 0 spiro atoms. The van der Waals surface area contributed by atoms with Crippen molar-refractivity contribution in [3.63, 3.8) is 0 Å². The number of aldehydes is 1. The number of alkyl halides is 3. The van der Waals surface area contributed by atoms with Gasteiger partial charge in [-0.15, -0.1) is 0 Å². The van der Waals surface area contributed by atoms with Crippen molar-refractivity contribution in [3.05, 3.63) is 71.1 Å². The lowest BCUT2D eigenvalue weighted by Gasteiger charge is -2.22. The Hall–Kier alpha value is -3.29. The Balaban J connectivity index is 0.00000104. The number of amidine groups is 1. The molecule has 1 unspecified atom stereocenters. The molecule has 0 aromatic carbocycles. The number of aromatic nitrogens is 1. The highest BCUT2D eigenvalue weighted by Gasteiger charge is 2.33. The minimum Gasteiger partial charge on any atom is -0.325 e. The number of pyridine rings is 1. The standard InChI is InChI=1S/C21H21F3N4.C8H16O.2C2H6/c1-3-5-6-7-14(4-2)17-10-8-15(12-25-17)19-26-13-16-9-11-18(21(22,23)24)27-20(16)28-19;1-3-4-5-8(2)6-7-9;2*1-2/h3-7,9,11-12H,8,10,13H2,1-2H3,(H,26,27,28);7-8H,3-6H2,1-2H3;2*1-2H3/b5-3-,7-6-,14-4+;;;. The van der Waals surface area contributed by atoms with Crippen molar-refractivity contribution < 1.29 is 18.0 Å². The summed E-state index contributed by atoms with van der Waals surface area (Å²) in [5, 5.41) is 2.94. The zero-order valence-electron chi connectivity index (χ0n) is 26.1. The van der Waals surface area contributed by atoms with Gasteiger partial charge in [-0.25, -0.2) is 4.98 Å². The molecule has 1 atom stereocenters. The molecule has 3 heterocycles. The van der Waals surface area contributed by atoms with Crippen LogP contribution in [0.4, 0.5) is 19.0 Å². The first-order valence-electron chi connectivity index (χ1n) is 14.8. The molecule has 228 valence electrons. The van der Waals surface area contributed by atoms with Gasteiger partial charge in [-0.2, -0.15) is 13.2 Å². The first kappa shape index (κ1) is 37.7. The number of nitrogens with one attached hydrogen (secondary N) is 1. The second kappa shape index (κ2) is 21.5. The Bertz CT molecular complexity index is 1100. The molecule has 41 heavy (non-hydrogen) atoms. The van der Waals surface area contributed by atoms with Gasteiger partial charge >= 0.3 is 6.18 Å². The molecule has 3 rings (SSSR count). The number of carbonyl (C=O) groups is 1. The number of carbonyl (C=O) groups excluding carboxylic acids is 1. The molecule has 1 N–H and O–H groups in total. The molecule has 1 aromatic rings. The van der Waals surface area contributed by atoms with Crippen molar-refractivity contribution in [2.75, 3.05) is 5.32 Å². The van der Waals surface area contributed by atoms with E-state index in [-0.39, 0.29) is 5.82 Å². The van der Waals surface area contributed by atoms with E-state index in [1.54, 1.807) is 6.20 Å². The number of halogens is 3. The third-order valence-corrected chi connectivity index (χ3v) is 6.00. The van der Waals surface area contributed by atoms with Crippen LogP contribution in [0.5, 0.6) is 0 Å². The van der Waals surface area contributed by atoms with Crippen LogP contribution in [-0.2, 0) is 17.5 Å². The lowest BCUT2D eigenvalue weighted by Crippen LogP contribution is -2.24. The maximum absolute atomic E-state index is 12.9. The van der Waals surface area contributed by atoms with E-state index < -0.39 is 11.9 Å². The van der Waals surface area contributed by atoms with E-state index in [2.05, 4.69) is 34.1 Å². The first-order chi connectivity index (χ1) is 19.7. The highest BCUT2D eigenvalue weighted by atomic mass is 19.4. The molecule has 0 aliphatic carbocycles. The highest BCUT2D eigenvalue weighted by Crippen LogP contribution is 2.31. The van der Waals surface area contributed by atoms with E-state index in [9.17, 15) is 18.0 Å². The number of nitrogens with zero attached hydrogens (tertiary/aromatic N) is 3. The Kier molecular flexibility index (Phi) is 19.7. The number of fused-ring (bicyclic) bond motifs is 1. The summed E-state index contributed by atoms with van der Waals surface area (Å²) in [5.41, 5.74) is 2.61. The Morgan fingerprint density at radius 3 is 2.34 bits per heavy atom. The predicted octanol–water partition coefficient (Wildman–Crippen LogP) is 10.1. The van der Waals surface area contributed by atoms with Crippen LogP contribution in [0.25, 0.3) is 0 Å². The third-order valence-electron chi connectivity index (χ3n) is 6.00. The van der Waals surface area contributed by atoms with Gasteiger partial charge in [-0.1, -0.05) is 97.3 Å². The van der Waals surface area contributed by atoms with Gasteiger partial charge < -0.3 is 10.1 Å². The van der Waals surface area contributed by atoms with Crippen molar-refractivity contribution in [2.24, 2.45) is 15.9 Å². The summed E-state index contributed by atoms with van der Waals surface area (Å²) in [5.74, 6) is 1.34. The number of allylic oxidation sites excluding steroid dienone is 6. The number of hydrogen-bond acceptors (Lipinski definition) is 5. The van der Waals surface area contributed by atoms with Gasteiger partial charge in [0.2, 0.25) is 0 Å². The molecule has 0 bridgehead atoms. The summed E-state index contributed by atoms with van der Waals surface area (Å²) in [6.45, 7) is 16.5. The largest absolute Gasteiger partial charge is 0.433 e. The summed E-state index contributed by atoms with van der Waals surface area (Å²) in [6, 6.07) is 2.40. The van der Waals surface area contributed by atoms with E-state index >= 15 is 0 Å². The van der Waals surface area contributed by atoms with E-state index in [0.29, 0.717) is 30.3 Å². The average Bonchev–Trinajstić information content (AvgIpc) is 3.00. The van der Waals surface area contributed by atoms with Gasteiger partial charge in [0.25, 0.3) is 0 Å². The van der Waals surface area contributed by atoms with Crippen LogP contribution in [0, 0.1) is 5.92 Å². The van der Waals surface area contributed by atoms with Crippen molar-refractivity contribution >= 4 is 23.7 Å². The molecule has 0 saturated carbocycles. The van der Waals surface area contributed by atoms with Gasteiger partial charge in [0.1, 0.15) is 23.6 Å². The van der Waals surface area contributed by atoms with Crippen LogP contribution >= 0.6 is 0 Å².